The second-order valence-electron chi connectivity index (χ2n) is 6.14. The fraction of sp³-hybridized carbons (Fsp3) is 0.800. The Kier molecular flexibility index (Phi) is 3.63. The molecule has 0 radical (unpaired) electrons. The summed E-state index contributed by atoms with van der Waals surface area (Å²) in [6.07, 6.45) is 10.0. The Morgan fingerprint density at radius 3 is 2.95 bits per heavy atom. The van der Waals surface area contributed by atoms with Crippen molar-refractivity contribution in [3.05, 3.63) is 17.5 Å². The van der Waals surface area contributed by atoms with Gasteiger partial charge in [-0.05, 0) is 39.7 Å². The summed E-state index contributed by atoms with van der Waals surface area (Å²) in [6, 6.07) is 0. The number of hydrogen-bond acceptors (Lipinski definition) is 3. The van der Waals surface area contributed by atoms with E-state index < -0.39 is 0 Å². The molecule has 0 bridgehead atoms. The van der Waals surface area contributed by atoms with Crippen LogP contribution in [0.1, 0.15) is 49.8 Å². The molecule has 3 rings (SSSR count). The van der Waals surface area contributed by atoms with Crippen molar-refractivity contribution in [3.63, 3.8) is 0 Å². The molecule has 106 valence electrons. The van der Waals surface area contributed by atoms with Gasteiger partial charge < -0.3 is 10.1 Å². The summed E-state index contributed by atoms with van der Waals surface area (Å²) in [4.78, 5) is 0. The molecule has 2 heterocycles. The van der Waals surface area contributed by atoms with Gasteiger partial charge in [0.2, 0.25) is 0 Å². The van der Waals surface area contributed by atoms with E-state index in [4.69, 9.17) is 4.74 Å². The predicted octanol–water partition coefficient (Wildman–Crippen LogP) is 2.40. The summed E-state index contributed by atoms with van der Waals surface area (Å²) in [7, 11) is 1.97. The highest BCUT2D eigenvalue weighted by Crippen LogP contribution is 2.43. The molecule has 4 nitrogen and oxygen atoms in total. The Hall–Kier alpha value is -0.870. The smallest absolute Gasteiger partial charge is 0.0779 e. The lowest BCUT2D eigenvalue weighted by molar-refractivity contribution is -0.0431. The highest BCUT2D eigenvalue weighted by molar-refractivity contribution is 5.15. The molecule has 1 N–H and O–H groups in total. The van der Waals surface area contributed by atoms with E-state index in [1.54, 1.807) is 0 Å². The average Bonchev–Trinajstić information content (AvgIpc) is 3.10. The van der Waals surface area contributed by atoms with Gasteiger partial charge in [-0.2, -0.15) is 5.10 Å². The molecule has 1 spiro atoms. The first-order valence-corrected chi connectivity index (χ1v) is 7.56. The molecule has 1 aliphatic carbocycles. The van der Waals surface area contributed by atoms with Crippen LogP contribution in [0, 0.1) is 6.92 Å². The van der Waals surface area contributed by atoms with Crippen LogP contribution in [0.3, 0.4) is 0 Å². The van der Waals surface area contributed by atoms with Crippen LogP contribution in [0.2, 0.25) is 0 Å². The Labute approximate surface area is 115 Å². The van der Waals surface area contributed by atoms with E-state index >= 15 is 0 Å². The summed E-state index contributed by atoms with van der Waals surface area (Å²) in [5.74, 6) is 0. The Balaban J connectivity index is 1.63. The van der Waals surface area contributed by atoms with Gasteiger partial charge in [-0.25, -0.2) is 0 Å². The minimum atomic E-state index is 0.236. The predicted molar refractivity (Wildman–Crippen MR) is 75.0 cm³/mol. The summed E-state index contributed by atoms with van der Waals surface area (Å²) < 4.78 is 8.48. The van der Waals surface area contributed by atoms with Crippen LogP contribution in [0.5, 0.6) is 0 Å². The first-order chi connectivity index (χ1) is 9.22. The van der Waals surface area contributed by atoms with Gasteiger partial charge in [0.15, 0.2) is 0 Å². The first-order valence-electron chi connectivity index (χ1n) is 7.56. The summed E-state index contributed by atoms with van der Waals surface area (Å²) in [6.45, 7) is 3.96. The normalized spacial score (nSPS) is 25.5. The van der Waals surface area contributed by atoms with Crippen molar-refractivity contribution in [2.45, 2.75) is 70.2 Å². The SMILES string of the molecule is CNCc1cnn(CC2CCC3(CCCC3)O2)c1C. The zero-order valence-electron chi connectivity index (χ0n) is 12.1. The van der Waals surface area contributed by atoms with Crippen molar-refractivity contribution >= 4 is 0 Å². The largest absolute Gasteiger partial charge is 0.370 e. The Morgan fingerprint density at radius 1 is 1.42 bits per heavy atom. The number of aromatic nitrogens is 2. The third-order valence-electron chi connectivity index (χ3n) is 4.80. The van der Waals surface area contributed by atoms with Gasteiger partial charge in [0.1, 0.15) is 0 Å². The average molecular weight is 263 g/mol. The van der Waals surface area contributed by atoms with Gasteiger partial charge >= 0.3 is 0 Å². The van der Waals surface area contributed by atoms with E-state index in [0.717, 1.165) is 13.1 Å². The molecule has 19 heavy (non-hydrogen) atoms. The minimum absolute atomic E-state index is 0.236. The van der Waals surface area contributed by atoms with Gasteiger partial charge in [-0.3, -0.25) is 4.68 Å². The van der Waals surface area contributed by atoms with Crippen LogP contribution in [0.25, 0.3) is 0 Å². The molecule has 1 unspecified atom stereocenters. The first kappa shape index (κ1) is 13.1. The number of hydrogen-bond donors (Lipinski definition) is 1. The maximum atomic E-state index is 6.36. The quantitative estimate of drug-likeness (QED) is 0.906. The van der Waals surface area contributed by atoms with Gasteiger partial charge in [0, 0.05) is 17.8 Å². The zero-order valence-corrected chi connectivity index (χ0v) is 12.1. The van der Waals surface area contributed by atoms with Crippen LogP contribution < -0.4 is 5.32 Å². The standard InChI is InChI=1S/C15H25N3O/c1-12-13(9-16-2)10-17-18(12)11-14-5-8-15(19-14)6-3-4-7-15/h10,14,16H,3-9,11H2,1-2H3. The molecule has 0 amide bonds. The second-order valence-corrected chi connectivity index (χ2v) is 6.14. The number of nitrogens with one attached hydrogen (secondary N) is 1. The molecule has 4 heteroatoms. The van der Waals surface area contributed by atoms with E-state index in [1.807, 2.05) is 13.2 Å². The fourth-order valence-electron chi connectivity index (χ4n) is 3.64. The van der Waals surface area contributed by atoms with Gasteiger partial charge in [0.05, 0.1) is 24.4 Å². The number of nitrogens with zero attached hydrogens (tertiary/aromatic N) is 2. The van der Waals surface area contributed by atoms with Gasteiger partial charge in [-0.1, -0.05) is 12.8 Å². The van der Waals surface area contributed by atoms with Crippen LogP contribution >= 0.6 is 0 Å². The van der Waals surface area contributed by atoms with E-state index in [2.05, 4.69) is 22.0 Å². The maximum absolute atomic E-state index is 6.36. The highest BCUT2D eigenvalue weighted by atomic mass is 16.5. The summed E-state index contributed by atoms with van der Waals surface area (Å²) in [5.41, 5.74) is 2.79. The van der Waals surface area contributed by atoms with Crippen molar-refractivity contribution in [2.24, 2.45) is 0 Å². The summed E-state index contributed by atoms with van der Waals surface area (Å²) in [5, 5.41) is 7.70. The Morgan fingerprint density at radius 2 is 2.21 bits per heavy atom. The van der Waals surface area contributed by atoms with Crippen LogP contribution in [-0.2, 0) is 17.8 Å². The molecule has 1 aliphatic heterocycles. The van der Waals surface area contributed by atoms with Crippen LogP contribution in [-0.4, -0.2) is 28.5 Å². The van der Waals surface area contributed by atoms with Crippen LogP contribution in [0.4, 0.5) is 0 Å². The van der Waals surface area contributed by atoms with Crippen molar-refractivity contribution < 1.29 is 4.74 Å². The topological polar surface area (TPSA) is 39.1 Å². The number of ether oxygens (including phenoxy) is 1. The van der Waals surface area contributed by atoms with Crippen molar-refractivity contribution in [3.8, 4) is 0 Å². The molecule has 1 saturated heterocycles. The number of rotatable bonds is 4. The van der Waals surface area contributed by atoms with E-state index in [0.29, 0.717) is 6.10 Å². The summed E-state index contributed by atoms with van der Waals surface area (Å²) >= 11 is 0. The van der Waals surface area contributed by atoms with Gasteiger partial charge in [0.25, 0.3) is 0 Å². The third-order valence-corrected chi connectivity index (χ3v) is 4.80. The monoisotopic (exact) mass is 263 g/mol. The molecule has 2 fully saturated rings. The zero-order chi connectivity index (χ0) is 13.3. The molecule has 1 aromatic heterocycles. The second kappa shape index (κ2) is 5.25. The lowest BCUT2D eigenvalue weighted by Gasteiger charge is -2.24. The van der Waals surface area contributed by atoms with E-state index in [1.165, 1.54) is 49.8 Å². The third kappa shape index (κ3) is 2.56. The Bertz CT molecular complexity index is 435. The minimum Gasteiger partial charge on any atom is -0.370 e. The highest BCUT2D eigenvalue weighted by Gasteiger charge is 2.42. The molecule has 2 aliphatic rings. The molecule has 1 atom stereocenters. The van der Waals surface area contributed by atoms with Crippen LogP contribution in [0.15, 0.2) is 6.20 Å². The lowest BCUT2D eigenvalue weighted by atomic mass is 9.98. The van der Waals surface area contributed by atoms with E-state index in [9.17, 15) is 0 Å². The van der Waals surface area contributed by atoms with Gasteiger partial charge in [-0.15, -0.1) is 0 Å². The molecule has 0 aromatic carbocycles. The molecular formula is C15H25N3O. The van der Waals surface area contributed by atoms with Crippen molar-refractivity contribution in [2.75, 3.05) is 7.05 Å². The van der Waals surface area contributed by atoms with E-state index in [-0.39, 0.29) is 5.60 Å². The molecule has 1 saturated carbocycles. The van der Waals surface area contributed by atoms with Crippen molar-refractivity contribution in [1.29, 1.82) is 0 Å². The fourth-order valence-corrected chi connectivity index (χ4v) is 3.64. The maximum Gasteiger partial charge on any atom is 0.0779 e. The molecular weight excluding hydrogens is 238 g/mol. The van der Waals surface area contributed by atoms with Crippen molar-refractivity contribution in [1.82, 2.24) is 15.1 Å². The molecule has 1 aromatic rings. The lowest BCUT2D eigenvalue weighted by Crippen LogP contribution is -2.27.